The molecule has 0 unspecified atom stereocenters. The normalized spacial score (nSPS) is 9.57. The van der Waals surface area contributed by atoms with Crippen molar-refractivity contribution in [2.45, 2.75) is 13.5 Å². The SMILES string of the molecule is CCNC(=O)N(C)Cc1ccccn1. The molecule has 0 aliphatic rings. The third kappa shape index (κ3) is 3.05. The fourth-order valence-electron chi connectivity index (χ4n) is 1.09. The highest BCUT2D eigenvalue weighted by atomic mass is 16.2. The summed E-state index contributed by atoms with van der Waals surface area (Å²) in [6.45, 7) is 3.07. The molecule has 1 N–H and O–H groups in total. The van der Waals surface area contributed by atoms with Crippen molar-refractivity contribution in [3.63, 3.8) is 0 Å². The van der Waals surface area contributed by atoms with Crippen LogP contribution < -0.4 is 5.32 Å². The molecule has 0 radical (unpaired) electrons. The molecule has 14 heavy (non-hydrogen) atoms. The molecule has 0 atom stereocenters. The number of hydrogen-bond donors (Lipinski definition) is 1. The molecule has 0 aliphatic heterocycles. The van der Waals surface area contributed by atoms with Crippen LogP contribution in [0.15, 0.2) is 24.4 Å². The molecular weight excluding hydrogens is 178 g/mol. The van der Waals surface area contributed by atoms with Crippen molar-refractivity contribution in [3.8, 4) is 0 Å². The summed E-state index contributed by atoms with van der Waals surface area (Å²) in [5, 5.41) is 2.72. The number of nitrogens with zero attached hydrogens (tertiary/aromatic N) is 2. The second-order valence-corrected chi connectivity index (χ2v) is 3.01. The third-order valence-corrected chi connectivity index (χ3v) is 1.80. The third-order valence-electron chi connectivity index (χ3n) is 1.80. The van der Waals surface area contributed by atoms with E-state index in [0.717, 1.165) is 5.69 Å². The number of amides is 2. The summed E-state index contributed by atoms with van der Waals surface area (Å²) >= 11 is 0. The first-order valence-corrected chi connectivity index (χ1v) is 4.63. The van der Waals surface area contributed by atoms with Gasteiger partial charge < -0.3 is 10.2 Å². The molecule has 2 amide bonds. The quantitative estimate of drug-likeness (QED) is 0.785. The van der Waals surface area contributed by atoms with Crippen molar-refractivity contribution in [2.75, 3.05) is 13.6 Å². The van der Waals surface area contributed by atoms with Gasteiger partial charge >= 0.3 is 6.03 Å². The average Bonchev–Trinajstić information content (AvgIpc) is 2.19. The molecular formula is C10H15N3O. The molecule has 1 rings (SSSR count). The van der Waals surface area contributed by atoms with Gasteiger partial charge in [-0.1, -0.05) is 6.07 Å². The standard InChI is InChI=1S/C10H15N3O/c1-3-11-10(14)13(2)8-9-6-4-5-7-12-9/h4-7H,3,8H2,1-2H3,(H,11,14). The maximum atomic E-state index is 11.3. The molecule has 4 nitrogen and oxygen atoms in total. The summed E-state index contributed by atoms with van der Waals surface area (Å²) < 4.78 is 0. The smallest absolute Gasteiger partial charge is 0.317 e. The Kier molecular flexibility index (Phi) is 3.91. The largest absolute Gasteiger partial charge is 0.338 e. The monoisotopic (exact) mass is 193 g/mol. The molecule has 0 bridgehead atoms. The van der Waals surface area contributed by atoms with E-state index in [1.807, 2.05) is 25.1 Å². The number of carbonyl (C=O) groups excluding carboxylic acids is 1. The Morgan fingerprint density at radius 1 is 1.57 bits per heavy atom. The molecule has 1 heterocycles. The van der Waals surface area contributed by atoms with E-state index in [1.54, 1.807) is 18.1 Å². The first-order valence-electron chi connectivity index (χ1n) is 4.63. The van der Waals surface area contributed by atoms with Crippen molar-refractivity contribution in [1.29, 1.82) is 0 Å². The average molecular weight is 193 g/mol. The number of pyridine rings is 1. The Bertz CT molecular complexity index is 287. The molecule has 1 aromatic heterocycles. The van der Waals surface area contributed by atoms with E-state index < -0.39 is 0 Å². The topological polar surface area (TPSA) is 45.2 Å². The van der Waals surface area contributed by atoms with Crippen molar-refractivity contribution in [1.82, 2.24) is 15.2 Å². The first-order chi connectivity index (χ1) is 6.74. The number of carbonyl (C=O) groups is 1. The summed E-state index contributed by atoms with van der Waals surface area (Å²) in [6, 6.07) is 5.59. The molecule has 76 valence electrons. The lowest BCUT2D eigenvalue weighted by atomic mass is 10.3. The summed E-state index contributed by atoms with van der Waals surface area (Å²) in [5.41, 5.74) is 0.890. The maximum absolute atomic E-state index is 11.3. The highest BCUT2D eigenvalue weighted by Gasteiger charge is 2.07. The zero-order valence-electron chi connectivity index (χ0n) is 8.53. The molecule has 1 aromatic rings. The Labute approximate surface area is 83.9 Å². The van der Waals surface area contributed by atoms with E-state index in [-0.39, 0.29) is 6.03 Å². The predicted octanol–water partition coefficient (Wildman–Crippen LogP) is 1.24. The molecule has 0 fully saturated rings. The molecule has 4 heteroatoms. The van der Waals surface area contributed by atoms with Crippen LogP contribution in [0.25, 0.3) is 0 Å². The van der Waals surface area contributed by atoms with Gasteiger partial charge in [0.25, 0.3) is 0 Å². The van der Waals surface area contributed by atoms with Gasteiger partial charge in [-0.25, -0.2) is 4.79 Å². The van der Waals surface area contributed by atoms with E-state index in [1.165, 1.54) is 0 Å². The van der Waals surface area contributed by atoms with Gasteiger partial charge in [-0.15, -0.1) is 0 Å². The van der Waals surface area contributed by atoms with Crippen LogP contribution in [-0.4, -0.2) is 29.5 Å². The Balaban J connectivity index is 2.49. The maximum Gasteiger partial charge on any atom is 0.317 e. The van der Waals surface area contributed by atoms with E-state index in [2.05, 4.69) is 10.3 Å². The summed E-state index contributed by atoms with van der Waals surface area (Å²) in [5.74, 6) is 0. The highest BCUT2D eigenvalue weighted by molar-refractivity contribution is 5.73. The summed E-state index contributed by atoms with van der Waals surface area (Å²) in [4.78, 5) is 17.1. The van der Waals surface area contributed by atoms with E-state index in [9.17, 15) is 4.79 Å². The van der Waals surface area contributed by atoms with Crippen LogP contribution in [0.2, 0.25) is 0 Å². The van der Waals surface area contributed by atoms with Gasteiger partial charge in [-0.3, -0.25) is 4.98 Å². The second kappa shape index (κ2) is 5.21. The van der Waals surface area contributed by atoms with Gasteiger partial charge in [0.15, 0.2) is 0 Å². The lowest BCUT2D eigenvalue weighted by Gasteiger charge is -2.16. The Morgan fingerprint density at radius 2 is 2.36 bits per heavy atom. The van der Waals surface area contributed by atoms with Gasteiger partial charge in [-0.2, -0.15) is 0 Å². The Morgan fingerprint density at radius 3 is 2.93 bits per heavy atom. The number of urea groups is 1. The van der Waals surface area contributed by atoms with E-state index in [4.69, 9.17) is 0 Å². The van der Waals surface area contributed by atoms with Crippen LogP contribution in [0.5, 0.6) is 0 Å². The minimum atomic E-state index is -0.0712. The first kappa shape index (κ1) is 10.5. The van der Waals surface area contributed by atoms with Crippen LogP contribution in [-0.2, 0) is 6.54 Å². The lowest BCUT2D eigenvalue weighted by Crippen LogP contribution is -2.36. The van der Waals surface area contributed by atoms with Gasteiger partial charge in [0.2, 0.25) is 0 Å². The van der Waals surface area contributed by atoms with E-state index in [0.29, 0.717) is 13.1 Å². The van der Waals surface area contributed by atoms with Crippen LogP contribution in [0.1, 0.15) is 12.6 Å². The van der Waals surface area contributed by atoms with Crippen LogP contribution in [0.3, 0.4) is 0 Å². The van der Waals surface area contributed by atoms with Crippen LogP contribution in [0.4, 0.5) is 4.79 Å². The molecule has 0 saturated carbocycles. The van der Waals surface area contributed by atoms with Crippen molar-refractivity contribution >= 4 is 6.03 Å². The number of aromatic nitrogens is 1. The fraction of sp³-hybridized carbons (Fsp3) is 0.400. The minimum Gasteiger partial charge on any atom is -0.338 e. The zero-order chi connectivity index (χ0) is 10.4. The summed E-state index contributed by atoms with van der Waals surface area (Å²) in [6.07, 6.45) is 1.72. The lowest BCUT2D eigenvalue weighted by molar-refractivity contribution is 0.207. The fourth-order valence-corrected chi connectivity index (χ4v) is 1.09. The number of rotatable bonds is 3. The second-order valence-electron chi connectivity index (χ2n) is 3.01. The van der Waals surface area contributed by atoms with Gasteiger partial charge in [-0.05, 0) is 19.1 Å². The molecule has 0 saturated heterocycles. The van der Waals surface area contributed by atoms with Crippen molar-refractivity contribution in [2.24, 2.45) is 0 Å². The minimum absolute atomic E-state index is 0.0712. The Hall–Kier alpha value is -1.58. The van der Waals surface area contributed by atoms with Crippen LogP contribution >= 0.6 is 0 Å². The van der Waals surface area contributed by atoms with Gasteiger partial charge in [0.05, 0.1) is 12.2 Å². The predicted molar refractivity (Wildman–Crippen MR) is 54.8 cm³/mol. The van der Waals surface area contributed by atoms with E-state index >= 15 is 0 Å². The van der Waals surface area contributed by atoms with Gasteiger partial charge in [0.1, 0.15) is 0 Å². The van der Waals surface area contributed by atoms with Crippen LogP contribution in [0, 0.1) is 0 Å². The van der Waals surface area contributed by atoms with Crippen molar-refractivity contribution < 1.29 is 4.79 Å². The summed E-state index contributed by atoms with van der Waals surface area (Å²) in [7, 11) is 1.75. The highest BCUT2D eigenvalue weighted by Crippen LogP contribution is 1.98. The van der Waals surface area contributed by atoms with Gasteiger partial charge in [0, 0.05) is 19.8 Å². The van der Waals surface area contributed by atoms with Crippen molar-refractivity contribution in [3.05, 3.63) is 30.1 Å². The zero-order valence-corrected chi connectivity index (χ0v) is 8.53. The molecule has 0 aliphatic carbocycles. The number of nitrogens with one attached hydrogen (secondary N) is 1. The molecule has 0 spiro atoms. The molecule has 0 aromatic carbocycles. The number of hydrogen-bond acceptors (Lipinski definition) is 2.